The number of amides is 1. The first-order chi connectivity index (χ1) is 9.70. The molecule has 1 amide bonds. The van der Waals surface area contributed by atoms with Crippen LogP contribution >= 0.6 is 12.4 Å². The van der Waals surface area contributed by atoms with Gasteiger partial charge in [0.2, 0.25) is 5.91 Å². The van der Waals surface area contributed by atoms with E-state index in [1.54, 1.807) is 0 Å². The lowest BCUT2D eigenvalue weighted by molar-refractivity contribution is -0.125. The van der Waals surface area contributed by atoms with Crippen molar-refractivity contribution in [1.29, 1.82) is 0 Å². The molecule has 1 aromatic rings. The van der Waals surface area contributed by atoms with Gasteiger partial charge in [-0.25, -0.2) is 0 Å². The highest BCUT2D eigenvalue weighted by atomic mass is 35.5. The van der Waals surface area contributed by atoms with Crippen LogP contribution in [0.25, 0.3) is 0 Å². The minimum Gasteiger partial charge on any atom is -0.355 e. The van der Waals surface area contributed by atoms with Crippen molar-refractivity contribution in [3.63, 3.8) is 0 Å². The number of nitrogens with two attached hydrogens (primary N) is 1. The van der Waals surface area contributed by atoms with Gasteiger partial charge in [0.15, 0.2) is 0 Å². The van der Waals surface area contributed by atoms with Crippen LogP contribution in [0.1, 0.15) is 44.1 Å². The van der Waals surface area contributed by atoms with Crippen molar-refractivity contribution in [3.8, 4) is 0 Å². The fraction of sp³-hybridized carbons (Fsp3) is 0.588. The first-order valence-corrected chi connectivity index (χ1v) is 7.78. The monoisotopic (exact) mass is 308 g/mol. The fourth-order valence-corrected chi connectivity index (χ4v) is 3.62. The second-order valence-electron chi connectivity index (χ2n) is 6.49. The Morgan fingerprint density at radius 2 is 1.95 bits per heavy atom. The summed E-state index contributed by atoms with van der Waals surface area (Å²) in [5.74, 6) is 0.345. The van der Waals surface area contributed by atoms with Gasteiger partial charge in [-0.3, -0.25) is 4.79 Å². The van der Waals surface area contributed by atoms with Gasteiger partial charge >= 0.3 is 0 Å². The molecule has 2 fully saturated rings. The standard InChI is InChI=1S/C17H24N2O.ClH/c18-15-8-7-13(11-15)16(20)19-12-17(9-4-10-17)14-5-2-1-3-6-14;/h1-3,5-6,13,15H,4,7-12,18H2,(H,19,20);1H. The maximum Gasteiger partial charge on any atom is 0.223 e. The minimum atomic E-state index is 0. The molecule has 2 aliphatic carbocycles. The van der Waals surface area contributed by atoms with Crippen molar-refractivity contribution < 1.29 is 4.79 Å². The summed E-state index contributed by atoms with van der Waals surface area (Å²) in [5, 5.41) is 3.19. The number of benzene rings is 1. The third kappa shape index (κ3) is 3.41. The molecule has 3 N–H and O–H groups in total. The Hall–Kier alpha value is -1.06. The van der Waals surface area contributed by atoms with Gasteiger partial charge in [-0.15, -0.1) is 12.4 Å². The van der Waals surface area contributed by atoms with Crippen molar-refractivity contribution in [3.05, 3.63) is 35.9 Å². The number of carbonyl (C=O) groups excluding carboxylic acids is 1. The third-order valence-electron chi connectivity index (χ3n) is 5.14. The summed E-state index contributed by atoms with van der Waals surface area (Å²) >= 11 is 0. The molecular formula is C17H25ClN2O. The van der Waals surface area contributed by atoms with Crippen LogP contribution in [0, 0.1) is 5.92 Å². The highest BCUT2D eigenvalue weighted by Crippen LogP contribution is 2.43. The van der Waals surface area contributed by atoms with Crippen LogP contribution in [0.2, 0.25) is 0 Å². The first-order valence-electron chi connectivity index (χ1n) is 7.78. The molecule has 4 heteroatoms. The van der Waals surface area contributed by atoms with Crippen molar-refractivity contribution >= 4 is 18.3 Å². The number of carbonyl (C=O) groups is 1. The molecule has 2 aliphatic rings. The van der Waals surface area contributed by atoms with Gasteiger partial charge in [0.1, 0.15) is 0 Å². The van der Waals surface area contributed by atoms with Gasteiger partial charge in [-0.2, -0.15) is 0 Å². The molecule has 1 aromatic carbocycles. The molecule has 21 heavy (non-hydrogen) atoms. The Balaban J connectivity index is 0.00000161. The number of rotatable bonds is 4. The maximum absolute atomic E-state index is 12.2. The highest BCUT2D eigenvalue weighted by molar-refractivity contribution is 5.85. The van der Waals surface area contributed by atoms with E-state index >= 15 is 0 Å². The second kappa shape index (κ2) is 6.80. The normalized spacial score (nSPS) is 26.5. The van der Waals surface area contributed by atoms with Crippen LogP contribution in [0.5, 0.6) is 0 Å². The molecule has 0 radical (unpaired) electrons. The second-order valence-corrected chi connectivity index (χ2v) is 6.49. The molecule has 2 saturated carbocycles. The average molecular weight is 309 g/mol. The zero-order chi connectivity index (χ0) is 14.0. The van der Waals surface area contributed by atoms with Crippen molar-refractivity contribution in [1.82, 2.24) is 5.32 Å². The van der Waals surface area contributed by atoms with E-state index in [9.17, 15) is 4.79 Å². The van der Waals surface area contributed by atoms with Gasteiger partial charge in [-0.1, -0.05) is 36.8 Å². The summed E-state index contributed by atoms with van der Waals surface area (Å²) in [6.45, 7) is 0.779. The lowest BCUT2D eigenvalue weighted by Gasteiger charge is -2.42. The zero-order valence-corrected chi connectivity index (χ0v) is 13.2. The van der Waals surface area contributed by atoms with Gasteiger partial charge in [0.05, 0.1) is 0 Å². The van der Waals surface area contributed by atoms with Crippen LogP contribution in [-0.2, 0) is 10.2 Å². The number of hydrogen-bond donors (Lipinski definition) is 2. The highest BCUT2D eigenvalue weighted by Gasteiger charge is 2.39. The molecule has 0 spiro atoms. The van der Waals surface area contributed by atoms with Crippen LogP contribution in [0.3, 0.4) is 0 Å². The lowest BCUT2D eigenvalue weighted by atomic mass is 9.64. The number of halogens is 1. The first kappa shape index (κ1) is 16.3. The summed E-state index contributed by atoms with van der Waals surface area (Å²) < 4.78 is 0. The van der Waals surface area contributed by atoms with E-state index in [0.29, 0.717) is 0 Å². The average Bonchev–Trinajstić information content (AvgIpc) is 2.85. The van der Waals surface area contributed by atoms with Crippen LogP contribution in [0.4, 0.5) is 0 Å². The summed E-state index contributed by atoms with van der Waals surface area (Å²) in [6.07, 6.45) is 6.42. The van der Waals surface area contributed by atoms with E-state index in [0.717, 1.165) is 25.8 Å². The number of nitrogens with one attached hydrogen (secondary N) is 1. The minimum absolute atomic E-state index is 0. The van der Waals surface area contributed by atoms with Crippen molar-refractivity contribution in [2.45, 2.75) is 50.0 Å². The Morgan fingerprint density at radius 1 is 1.24 bits per heavy atom. The maximum atomic E-state index is 12.2. The number of hydrogen-bond acceptors (Lipinski definition) is 2. The van der Waals surface area contributed by atoms with Crippen LogP contribution in [-0.4, -0.2) is 18.5 Å². The summed E-state index contributed by atoms with van der Waals surface area (Å²) in [4.78, 5) is 12.2. The fourth-order valence-electron chi connectivity index (χ4n) is 3.62. The lowest BCUT2D eigenvalue weighted by Crippen LogP contribution is -2.46. The van der Waals surface area contributed by atoms with Crippen molar-refractivity contribution in [2.75, 3.05) is 6.54 Å². The Labute approximate surface area is 133 Å². The molecule has 2 unspecified atom stereocenters. The summed E-state index contributed by atoms with van der Waals surface area (Å²) in [6, 6.07) is 10.8. The Morgan fingerprint density at radius 3 is 2.48 bits per heavy atom. The molecule has 0 aromatic heterocycles. The molecule has 0 bridgehead atoms. The van der Waals surface area contributed by atoms with Crippen LogP contribution in [0.15, 0.2) is 30.3 Å². The summed E-state index contributed by atoms with van der Waals surface area (Å²) in [7, 11) is 0. The Kier molecular flexibility index (Phi) is 5.28. The molecule has 0 aliphatic heterocycles. The topological polar surface area (TPSA) is 55.1 Å². The van der Waals surface area contributed by atoms with Crippen LogP contribution < -0.4 is 11.1 Å². The van der Waals surface area contributed by atoms with E-state index in [-0.39, 0.29) is 35.7 Å². The molecule has 3 rings (SSSR count). The molecule has 0 heterocycles. The summed E-state index contributed by atoms with van der Waals surface area (Å²) in [5.41, 5.74) is 7.44. The van der Waals surface area contributed by atoms with E-state index < -0.39 is 0 Å². The molecule has 3 nitrogen and oxygen atoms in total. The third-order valence-corrected chi connectivity index (χ3v) is 5.14. The van der Waals surface area contributed by atoms with E-state index in [1.807, 2.05) is 6.07 Å². The van der Waals surface area contributed by atoms with Gasteiger partial charge in [-0.05, 0) is 37.7 Å². The van der Waals surface area contributed by atoms with E-state index in [2.05, 4.69) is 29.6 Å². The SMILES string of the molecule is Cl.NC1CCC(C(=O)NCC2(c3ccccc3)CCC2)C1. The molecular weight excluding hydrogens is 284 g/mol. The Bertz CT molecular complexity index is 473. The van der Waals surface area contributed by atoms with E-state index in [1.165, 1.54) is 24.8 Å². The quantitative estimate of drug-likeness (QED) is 0.898. The van der Waals surface area contributed by atoms with Crippen molar-refractivity contribution in [2.24, 2.45) is 11.7 Å². The molecule has 0 saturated heterocycles. The van der Waals surface area contributed by atoms with Gasteiger partial charge in [0, 0.05) is 23.9 Å². The van der Waals surface area contributed by atoms with E-state index in [4.69, 9.17) is 5.73 Å². The molecule has 2 atom stereocenters. The smallest absolute Gasteiger partial charge is 0.223 e. The largest absolute Gasteiger partial charge is 0.355 e. The van der Waals surface area contributed by atoms with Gasteiger partial charge < -0.3 is 11.1 Å². The molecule has 116 valence electrons. The predicted molar refractivity (Wildman–Crippen MR) is 87.5 cm³/mol. The predicted octanol–water partition coefficient (Wildman–Crippen LogP) is 2.77. The van der Waals surface area contributed by atoms with Gasteiger partial charge in [0.25, 0.3) is 0 Å². The zero-order valence-electron chi connectivity index (χ0n) is 12.4.